The van der Waals surface area contributed by atoms with E-state index in [9.17, 15) is 10.4 Å². The fraction of sp³-hybridized carbons (Fsp3) is 0.333. The first-order chi connectivity index (χ1) is 11.1. The van der Waals surface area contributed by atoms with Crippen molar-refractivity contribution in [3.8, 4) is 28.7 Å². The highest BCUT2D eigenvalue weighted by Crippen LogP contribution is 2.34. The monoisotopic (exact) mass is 312 g/mol. The molecule has 1 heterocycles. The molecule has 2 aromatic rings. The summed E-state index contributed by atoms with van der Waals surface area (Å²) in [7, 11) is 0. The van der Waals surface area contributed by atoms with Gasteiger partial charge in [0, 0.05) is 12.0 Å². The van der Waals surface area contributed by atoms with E-state index in [0.717, 1.165) is 36.1 Å². The first-order valence-corrected chi connectivity index (χ1v) is 7.81. The van der Waals surface area contributed by atoms with Crippen molar-refractivity contribution in [1.82, 2.24) is 0 Å². The number of nitrogens with one attached hydrogen (secondary N) is 1. The lowest BCUT2D eigenvalue weighted by molar-refractivity contribution is -0.373. The molecule has 0 bridgehead atoms. The maximum atomic E-state index is 9.84. The van der Waals surface area contributed by atoms with E-state index in [1.807, 2.05) is 13.0 Å². The number of hydrogen-bond donors (Lipinski definition) is 2. The van der Waals surface area contributed by atoms with E-state index in [1.165, 1.54) is 0 Å². The number of hydrogen-bond acceptors (Lipinski definition) is 4. The third-order valence-corrected chi connectivity index (χ3v) is 3.63. The molecule has 2 rings (SSSR count). The minimum atomic E-state index is 0.0794. The van der Waals surface area contributed by atoms with Crippen LogP contribution < -0.4 is 15.5 Å². The first kappa shape index (κ1) is 16.6. The van der Waals surface area contributed by atoms with Gasteiger partial charge in [0.25, 0.3) is 5.82 Å². The molecular weight excluding hydrogens is 290 g/mol. The summed E-state index contributed by atoms with van der Waals surface area (Å²) in [6.45, 7) is 4.43. The number of benzene rings is 1. The number of aryl methyl sites for hydroxylation is 1. The average molecular weight is 312 g/mol. The number of nitrogens with two attached hydrogens (primary N) is 1. The lowest BCUT2D eigenvalue weighted by atomic mass is 9.98. The van der Waals surface area contributed by atoms with Gasteiger partial charge in [0.15, 0.2) is 11.5 Å². The van der Waals surface area contributed by atoms with Crippen LogP contribution in [-0.2, 0) is 6.42 Å². The Kier molecular flexibility index (Phi) is 5.42. The van der Waals surface area contributed by atoms with E-state index < -0.39 is 0 Å². The molecule has 23 heavy (non-hydrogen) atoms. The van der Waals surface area contributed by atoms with Crippen LogP contribution in [-0.4, -0.2) is 11.7 Å². The molecule has 0 radical (unpaired) electrons. The van der Waals surface area contributed by atoms with Crippen molar-refractivity contribution in [2.24, 2.45) is 0 Å². The molecule has 0 aliphatic heterocycles. The van der Waals surface area contributed by atoms with Crippen molar-refractivity contribution in [2.45, 2.75) is 33.1 Å². The molecule has 0 atom stereocenters. The van der Waals surface area contributed by atoms with Gasteiger partial charge in [0.05, 0.1) is 6.61 Å². The fourth-order valence-corrected chi connectivity index (χ4v) is 2.47. The van der Waals surface area contributed by atoms with Crippen LogP contribution in [0.5, 0.6) is 11.5 Å². The van der Waals surface area contributed by atoms with Gasteiger partial charge in [0.1, 0.15) is 17.3 Å². The molecule has 120 valence electrons. The molecule has 1 aromatic carbocycles. The normalized spacial score (nSPS) is 10.3. The highest BCUT2D eigenvalue weighted by Gasteiger charge is 2.17. The summed E-state index contributed by atoms with van der Waals surface area (Å²) in [5, 5.41) is 19.3. The van der Waals surface area contributed by atoms with Crippen molar-refractivity contribution < 1.29 is 14.8 Å². The van der Waals surface area contributed by atoms with E-state index in [-0.39, 0.29) is 5.75 Å². The van der Waals surface area contributed by atoms with E-state index in [2.05, 4.69) is 18.0 Å². The second-order valence-corrected chi connectivity index (χ2v) is 5.33. The molecule has 0 spiro atoms. The predicted molar refractivity (Wildman–Crippen MR) is 89.0 cm³/mol. The van der Waals surface area contributed by atoms with E-state index >= 15 is 0 Å². The summed E-state index contributed by atoms with van der Waals surface area (Å²) in [6.07, 6.45) is 2.99. The SMILES string of the molecule is CCCCc1cc(-c2ccc(O)c(OCC)c2)c(C#N)c(N)[nH+]1. The minimum absolute atomic E-state index is 0.0794. The zero-order valence-electron chi connectivity index (χ0n) is 13.5. The van der Waals surface area contributed by atoms with Gasteiger partial charge in [-0.3, -0.25) is 5.73 Å². The zero-order valence-corrected chi connectivity index (χ0v) is 13.5. The number of pyridine rings is 1. The highest BCUT2D eigenvalue weighted by atomic mass is 16.5. The van der Waals surface area contributed by atoms with Crippen LogP contribution in [0, 0.1) is 11.3 Å². The van der Waals surface area contributed by atoms with Crippen LogP contribution in [0.4, 0.5) is 5.82 Å². The average Bonchev–Trinajstić information content (AvgIpc) is 2.54. The summed E-state index contributed by atoms with van der Waals surface area (Å²) in [4.78, 5) is 3.10. The van der Waals surface area contributed by atoms with Crippen LogP contribution in [0.15, 0.2) is 24.3 Å². The Hall–Kier alpha value is -2.74. The Labute approximate surface area is 136 Å². The molecule has 0 amide bonds. The Morgan fingerprint density at radius 3 is 2.74 bits per heavy atom. The summed E-state index contributed by atoms with van der Waals surface area (Å²) < 4.78 is 5.43. The fourth-order valence-electron chi connectivity index (χ4n) is 2.47. The van der Waals surface area contributed by atoms with Crippen molar-refractivity contribution >= 4 is 5.82 Å². The van der Waals surface area contributed by atoms with Crippen LogP contribution in [0.25, 0.3) is 11.1 Å². The van der Waals surface area contributed by atoms with Crippen molar-refractivity contribution in [3.63, 3.8) is 0 Å². The molecule has 0 aliphatic carbocycles. The number of H-pyrrole nitrogens is 1. The number of unbranched alkanes of at least 4 members (excludes halogenated alkanes) is 1. The van der Waals surface area contributed by atoms with E-state index in [0.29, 0.717) is 23.7 Å². The molecule has 5 nitrogen and oxygen atoms in total. The molecule has 0 saturated carbocycles. The summed E-state index contributed by atoms with van der Waals surface area (Å²) in [5.41, 5.74) is 8.94. The topological polar surface area (TPSA) is 93.4 Å². The molecular formula is C18H22N3O2+. The summed E-state index contributed by atoms with van der Waals surface area (Å²) >= 11 is 0. The number of nitrogen functional groups attached to an aromatic ring is 1. The second kappa shape index (κ2) is 7.50. The largest absolute Gasteiger partial charge is 0.504 e. The molecule has 5 heteroatoms. The molecule has 0 saturated heterocycles. The Morgan fingerprint density at radius 1 is 1.30 bits per heavy atom. The standard InChI is InChI=1S/C18H21N3O2/c1-3-5-6-13-10-14(15(11-19)18(20)21-13)12-7-8-16(22)17(9-12)23-4-2/h7-10,22H,3-6H2,1-2H3,(H2,20,21)/p+1. The lowest BCUT2D eigenvalue weighted by Gasteiger charge is -2.10. The van der Waals surface area contributed by atoms with Crippen LogP contribution in [0.3, 0.4) is 0 Å². The number of anilines is 1. The molecule has 1 aromatic heterocycles. The number of nitrogens with zero attached hydrogens (tertiary/aromatic N) is 1. The lowest BCUT2D eigenvalue weighted by Crippen LogP contribution is -2.19. The number of aromatic hydroxyl groups is 1. The molecule has 4 N–H and O–H groups in total. The third kappa shape index (κ3) is 3.72. The summed E-state index contributed by atoms with van der Waals surface area (Å²) in [5.74, 6) is 0.841. The van der Waals surface area contributed by atoms with Gasteiger partial charge in [-0.1, -0.05) is 19.4 Å². The van der Waals surface area contributed by atoms with Crippen molar-refractivity contribution in [3.05, 3.63) is 35.5 Å². The van der Waals surface area contributed by atoms with Gasteiger partial charge in [0.2, 0.25) is 0 Å². The minimum Gasteiger partial charge on any atom is -0.504 e. The number of nitriles is 1. The Bertz CT molecular complexity index is 736. The van der Waals surface area contributed by atoms with Crippen LogP contribution >= 0.6 is 0 Å². The maximum absolute atomic E-state index is 9.84. The zero-order chi connectivity index (χ0) is 16.8. The predicted octanol–water partition coefficient (Wildman–Crippen LogP) is 3.07. The number of aromatic nitrogens is 1. The molecule has 0 unspecified atom stereocenters. The van der Waals surface area contributed by atoms with Gasteiger partial charge < -0.3 is 9.84 Å². The van der Waals surface area contributed by atoms with Crippen LogP contribution in [0.1, 0.15) is 37.9 Å². The Morgan fingerprint density at radius 2 is 2.09 bits per heavy atom. The second-order valence-electron chi connectivity index (χ2n) is 5.33. The van der Waals surface area contributed by atoms with Gasteiger partial charge in [-0.25, -0.2) is 4.98 Å². The summed E-state index contributed by atoms with van der Waals surface area (Å²) in [6, 6.07) is 9.17. The van der Waals surface area contributed by atoms with Crippen LogP contribution in [0.2, 0.25) is 0 Å². The number of rotatable bonds is 6. The van der Waals surface area contributed by atoms with Gasteiger partial charge >= 0.3 is 0 Å². The van der Waals surface area contributed by atoms with Gasteiger partial charge in [-0.05, 0) is 37.1 Å². The third-order valence-electron chi connectivity index (χ3n) is 3.63. The first-order valence-electron chi connectivity index (χ1n) is 7.81. The van der Waals surface area contributed by atoms with Gasteiger partial charge in [-0.2, -0.15) is 5.26 Å². The molecule has 0 fully saturated rings. The van der Waals surface area contributed by atoms with Crippen molar-refractivity contribution in [2.75, 3.05) is 12.3 Å². The molecule has 0 aliphatic rings. The Balaban J connectivity index is 2.54. The van der Waals surface area contributed by atoms with Crippen molar-refractivity contribution in [1.29, 1.82) is 5.26 Å². The number of aromatic amines is 1. The number of phenols is 1. The van der Waals surface area contributed by atoms with E-state index in [1.54, 1.807) is 18.2 Å². The van der Waals surface area contributed by atoms with E-state index in [4.69, 9.17) is 10.5 Å². The number of ether oxygens (including phenoxy) is 1. The smallest absolute Gasteiger partial charge is 0.289 e. The highest BCUT2D eigenvalue weighted by molar-refractivity contribution is 5.76. The quantitative estimate of drug-likeness (QED) is 0.857. The van der Waals surface area contributed by atoms with Gasteiger partial charge in [-0.15, -0.1) is 0 Å². The maximum Gasteiger partial charge on any atom is 0.289 e. The number of phenolic OH excluding ortho intramolecular Hbond substituents is 1.